The van der Waals surface area contributed by atoms with Crippen molar-refractivity contribution in [2.45, 2.75) is 25.7 Å². The van der Waals surface area contributed by atoms with Gasteiger partial charge in [-0.25, -0.2) is 0 Å². The molecule has 0 N–H and O–H groups in total. The smallest absolute Gasteiger partial charge is 0.309 e. The largest absolute Gasteiger partial charge is 0.469 e. The molecule has 2 unspecified atom stereocenters. The van der Waals surface area contributed by atoms with Gasteiger partial charge in [0.05, 0.1) is 13.0 Å². The SMILES string of the molecule is COC(=O)C1CCC(Cc2ccccc2)C(=O)C1. The Morgan fingerprint density at radius 2 is 2.00 bits per heavy atom. The van der Waals surface area contributed by atoms with Crippen LogP contribution in [0.15, 0.2) is 30.3 Å². The number of esters is 1. The van der Waals surface area contributed by atoms with E-state index in [9.17, 15) is 9.59 Å². The van der Waals surface area contributed by atoms with Crippen LogP contribution in [0.4, 0.5) is 0 Å². The molecule has 0 amide bonds. The van der Waals surface area contributed by atoms with Crippen LogP contribution in [0.3, 0.4) is 0 Å². The highest BCUT2D eigenvalue weighted by Crippen LogP contribution is 2.29. The summed E-state index contributed by atoms with van der Waals surface area (Å²) >= 11 is 0. The number of carbonyl (C=O) groups is 2. The number of hydrogen-bond donors (Lipinski definition) is 0. The van der Waals surface area contributed by atoms with Gasteiger partial charge in [-0.15, -0.1) is 0 Å². The Balaban J connectivity index is 1.94. The summed E-state index contributed by atoms with van der Waals surface area (Å²) in [6.45, 7) is 0. The molecule has 1 aliphatic rings. The van der Waals surface area contributed by atoms with E-state index in [1.807, 2.05) is 30.3 Å². The molecule has 18 heavy (non-hydrogen) atoms. The first-order valence-electron chi connectivity index (χ1n) is 6.35. The number of ether oxygens (including phenoxy) is 1. The third-order valence-electron chi connectivity index (χ3n) is 3.63. The van der Waals surface area contributed by atoms with Crippen LogP contribution in [0.1, 0.15) is 24.8 Å². The molecule has 2 rings (SSSR count). The first kappa shape index (κ1) is 12.8. The number of hydrogen-bond acceptors (Lipinski definition) is 3. The first-order chi connectivity index (χ1) is 8.70. The van der Waals surface area contributed by atoms with E-state index < -0.39 is 0 Å². The number of methoxy groups -OCH3 is 1. The molecule has 3 nitrogen and oxygen atoms in total. The minimum atomic E-state index is -0.249. The number of rotatable bonds is 3. The van der Waals surface area contributed by atoms with Crippen molar-refractivity contribution >= 4 is 11.8 Å². The zero-order chi connectivity index (χ0) is 13.0. The summed E-state index contributed by atoms with van der Waals surface area (Å²) in [5.74, 6) is -0.218. The molecule has 3 heteroatoms. The molecule has 96 valence electrons. The average Bonchev–Trinajstić information content (AvgIpc) is 2.41. The predicted molar refractivity (Wildman–Crippen MR) is 68.0 cm³/mol. The highest BCUT2D eigenvalue weighted by atomic mass is 16.5. The highest BCUT2D eigenvalue weighted by Gasteiger charge is 2.32. The Morgan fingerprint density at radius 1 is 1.28 bits per heavy atom. The normalized spacial score (nSPS) is 23.7. The molecule has 0 spiro atoms. The molecule has 0 saturated heterocycles. The highest BCUT2D eigenvalue weighted by molar-refractivity contribution is 5.87. The maximum Gasteiger partial charge on any atom is 0.309 e. The average molecular weight is 246 g/mol. The third kappa shape index (κ3) is 2.97. The van der Waals surface area contributed by atoms with Gasteiger partial charge < -0.3 is 4.74 Å². The molecule has 0 heterocycles. The standard InChI is InChI=1S/C15H18O3/c1-18-15(17)13-8-7-12(14(16)10-13)9-11-5-3-2-4-6-11/h2-6,12-13H,7-10H2,1H3. The van der Waals surface area contributed by atoms with E-state index in [1.54, 1.807) is 0 Å². The number of ketones is 1. The van der Waals surface area contributed by atoms with Crippen molar-refractivity contribution in [1.82, 2.24) is 0 Å². The fraction of sp³-hybridized carbons (Fsp3) is 0.467. The molecular weight excluding hydrogens is 228 g/mol. The lowest BCUT2D eigenvalue weighted by Crippen LogP contribution is -2.31. The molecule has 0 aliphatic heterocycles. The van der Waals surface area contributed by atoms with Crippen LogP contribution in [0.2, 0.25) is 0 Å². The summed E-state index contributed by atoms with van der Waals surface area (Å²) in [5, 5.41) is 0. The van der Waals surface area contributed by atoms with E-state index in [2.05, 4.69) is 0 Å². The van der Waals surface area contributed by atoms with Gasteiger partial charge in [-0.2, -0.15) is 0 Å². The molecule has 1 aromatic rings. The zero-order valence-corrected chi connectivity index (χ0v) is 10.6. The van der Waals surface area contributed by atoms with Crippen LogP contribution in [0.5, 0.6) is 0 Å². The molecular formula is C15H18O3. The number of benzene rings is 1. The van der Waals surface area contributed by atoms with Crippen LogP contribution in [-0.4, -0.2) is 18.9 Å². The van der Waals surface area contributed by atoms with Crippen molar-refractivity contribution in [3.63, 3.8) is 0 Å². The second-order valence-electron chi connectivity index (χ2n) is 4.85. The van der Waals surface area contributed by atoms with Gasteiger partial charge in [0.15, 0.2) is 0 Å². The van der Waals surface area contributed by atoms with E-state index in [-0.39, 0.29) is 23.6 Å². The Hall–Kier alpha value is -1.64. The van der Waals surface area contributed by atoms with E-state index in [0.717, 1.165) is 19.3 Å². The van der Waals surface area contributed by atoms with E-state index >= 15 is 0 Å². The predicted octanol–water partition coefficient (Wildman–Crippen LogP) is 2.39. The van der Waals surface area contributed by atoms with Crippen molar-refractivity contribution < 1.29 is 14.3 Å². The van der Waals surface area contributed by atoms with Crippen molar-refractivity contribution in [2.24, 2.45) is 11.8 Å². The quantitative estimate of drug-likeness (QED) is 0.769. The van der Waals surface area contributed by atoms with Crippen molar-refractivity contribution in [1.29, 1.82) is 0 Å². The van der Waals surface area contributed by atoms with Crippen molar-refractivity contribution in [3.8, 4) is 0 Å². The minimum absolute atomic E-state index is 0.0632. The topological polar surface area (TPSA) is 43.4 Å². The molecule has 0 radical (unpaired) electrons. The van der Waals surface area contributed by atoms with Gasteiger partial charge in [-0.1, -0.05) is 30.3 Å². The maximum absolute atomic E-state index is 12.0. The Labute approximate surface area is 107 Å². The third-order valence-corrected chi connectivity index (χ3v) is 3.63. The number of carbonyl (C=O) groups excluding carboxylic acids is 2. The summed E-state index contributed by atoms with van der Waals surface area (Å²) in [5.41, 5.74) is 1.19. The summed E-state index contributed by atoms with van der Waals surface area (Å²) in [7, 11) is 1.38. The van der Waals surface area contributed by atoms with Crippen LogP contribution in [0, 0.1) is 11.8 Å². The maximum atomic E-state index is 12.0. The van der Waals surface area contributed by atoms with Gasteiger partial charge in [-0.05, 0) is 24.8 Å². The van der Waals surface area contributed by atoms with E-state index in [1.165, 1.54) is 12.7 Å². The van der Waals surface area contributed by atoms with E-state index in [4.69, 9.17) is 4.74 Å². The van der Waals surface area contributed by atoms with Crippen molar-refractivity contribution in [2.75, 3.05) is 7.11 Å². The molecule has 1 fully saturated rings. The molecule has 1 saturated carbocycles. The molecule has 2 atom stereocenters. The fourth-order valence-electron chi connectivity index (χ4n) is 2.56. The van der Waals surface area contributed by atoms with Gasteiger partial charge in [0.25, 0.3) is 0 Å². The minimum Gasteiger partial charge on any atom is -0.469 e. The van der Waals surface area contributed by atoms with Crippen LogP contribution >= 0.6 is 0 Å². The fourth-order valence-corrected chi connectivity index (χ4v) is 2.56. The van der Waals surface area contributed by atoms with Gasteiger partial charge in [0, 0.05) is 12.3 Å². The summed E-state index contributed by atoms with van der Waals surface area (Å²) < 4.78 is 4.70. The van der Waals surface area contributed by atoms with Crippen molar-refractivity contribution in [3.05, 3.63) is 35.9 Å². The molecule has 0 bridgehead atoms. The molecule has 0 aromatic heterocycles. The Bertz CT molecular complexity index is 425. The first-order valence-corrected chi connectivity index (χ1v) is 6.35. The lowest BCUT2D eigenvalue weighted by atomic mass is 9.78. The second kappa shape index (κ2) is 5.80. The second-order valence-corrected chi connectivity index (χ2v) is 4.85. The zero-order valence-electron chi connectivity index (χ0n) is 10.6. The Kier molecular flexibility index (Phi) is 4.13. The van der Waals surface area contributed by atoms with Gasteiger partial charge in [0.2, 0.25) is 0 Å². The van der Waals surface area contributed by atoms with Gasteiger partial charge >= 0.3 is 5.97 Å². The van der Waals surface area contributed by atoms with Gasteiger partial charge in [0.1, 0.15) is 5.78 Å². The summed E-state index contributed by atoms with van der Waals surface area (Å²) in [6, 6.07) is 10.0. The lowest BCUT2D eigenvalue weighted by molar-refractivity contribution is -0.149. The Morgan fingerprint density at radius 3 is 2.61 bits per heavy atom. The van der Waals surface area contributed by atoms with Gasteiger partial charge in [-0.3, -0.25) is 9.59 Å². The summed E-state index contributed by atoms with van der Waals surface area (Å²) in [6.07, 6.45) is 2.67. The lowest BCUT2D eigenvalue weighted by Gasteiger charge is -2.25. The monoisotopic (exact) mass is 246 g/mol. The molecule has 1 aliphatic carbocycles. The van der Waals surface area contributed by atoms with Crippen LogP contribution in [0.25, 0.3) is 0 Å². The summed E-state index contributed by atoms with van der Waals surface area (Å²) in [4.78, 5) is 23.4. The number of Topliss-reactive ketones (excluding diaryl/α,β-unsaturated/α-hetero) is 1. The van der Waals surface area contributed by atoms with E-state index in [0.29, 0.717) is 6.42 Å². The van der Waals surface area contributed by atoms with Crippen LogP contribution < -0.4 is 0 Å². The van der Waals surface area contributed by atoms with Crippen LogP contribution in [-0.2, 0) is 20.7 Å². The molecule has 1 aromatic carbocycles.